The topological polar surface area (TPSA) is 81.6 Å². The highest BCUT2D eigenvalue weighted by molar-refractivity contribution is 5.61. The van der Waals surface area contributed by atoms with Gasteiger partial charge < -0.3 is 15.4 Å². The largest absolute Gasteiger partial charge is 0.490 e. The smallest absolute Gasteiger partial charge is 0.313 e. The SMILES string of the molecule is COc1cc(N2CC3CCCC(N)C3C2)c(F)cc1[N+](=O)[O-]. The van der Waals surface area contributed by atoms with Gasteiger partial charge in [0.15, 0.2) is 11.6 Å². The van der Waals surface area contributed by atoms with Crippen molar-refractivity contribution >= 4 is 11.4 Å². The van der Waals surface area contributed by atoms with Gasteiger partial charge in [-0.15, -0.1) is 0 Å². The van der Waals surface area contributed by atoms with Crippen LogP contribution in [0.5, 0.6) is 5.75 Å². The van der Waals surface area contributed by atoms with E-state index in [1.807, 2.05) is 4.90 Å². The standard InChI is InChI=1S/C15H20FN3O3/c1-22-15-6-13(11(16)5-14(15)19(20)21)18-7-9-3-2-4-12(17)10(9)8-18/h5-6,9-10,12H,2-4,7-8,17H2,1H3. The van der Waals surface area contributed by atoms with Crippen molar-refractivity contribution in [3.63, 3.8) is 0 Å². The van der Waals surface area contributed by atoms with Crippen LogP contribution in [0, 0.1) is 27.8 Å². The average Bonchev–Trinajstić information content (AvgIpc) is 2.92. The molecule has 1 saturated heterocycles. The van der Waals surface area contributed by atoms with Crippen molar-refractivity contribution in [3.05, 3.63) is 28.1 Å². The molecule has 6 nitrogen and oxygen atoms in total. The summed E-state index contributed by atoms with van der Waals surface area (Å²) < 4.78 is 19.4. The van der Waals surface area contributed by atoms with Crippen LogP contribution in [-0.4, -0.2) is 31.2 Å². The maximum Gasteiger partial charge on any atom is 0.313 e. The number of methoxy groups -OCH3 is 1. The van der Waals surface area contributed by atoms with Gasteiger partial charge >= 0.3 is 5.69 Å². The molecule has 1 heterocycles. The molecule has 0 amide bonds. The monoisotopic (exact) mass is 309 g/mol. The molecule has 1 aliphatic heterocycles. The van der Waals surface area contributed by atoms with Crippen molar-refractivity contribution in [2.24, 2.45) is 17.6 Å². The van der Waals surface area contributed by atoms with Gasteiger partial charge in [0.25, 0.3) is 0 Å². The molecule has 1 aliphatic carbocycles. The Hall–Kier alpha value is -1.89. The molecule has 7 heteroatoms. The van der Waals surface area contributed by atoms with E-state index >= 15 is 0 Å². The number of nitrogens with zero attached hydrogens (tertiary/aromatic N) is 2. The van der Waals surface area contributed by atoms with Crippen molar-refractivity contribution in [2.45, 2.75) is 25.3 Å². The van der Waals surface area contributed by atoms with Crippen molar-refractivity contribution in [2.75, 3.05) is 25.1 Å². The van der Waals surface area contributed by atoms with Gasteiger partial charge in [0, 0.05) is 25.2 Å². The van der Waals surface area contributed by atoms with Crippen LogP contribution in [0.2, 0.25) is 0 Å². The summed E-state index contributed by atoms with van der Waals surface area (Å²) in [5.74, 6) is 0.346. The summed E-state index contributed by atoms with van der Waals surface area (Å²) in [6.07, 6.45) is 3.24. The van der Waals surface area contributed by atoms with Gasteiger partial charge in [-0.25, -0.2) is 4.39 Å². The number of benzene rings is 1. The highest BCUT2D eigenvalue weighted by Gasteiger charge is 2.39. The molecule has 3 unspecified atom stereocenters. The van der Waals surface area contributed by atoms with E-state index in [1.54, 1.807) is 0 Å². The van der Waals surface area contributed by atoms with Gasteiger partial charge in [-0.2, -0.15) is 0 Å². The molecular weight excluding hydrogens is 289 g/mol. The second-order valence-corrected chi connectivity index (χ2v) is 6.16. The Balaban J connectivity index is 1.91. The van der Waals surface area contributed by atoms with Crippen LogP contribution < -0.4 is 15.4 Å². The Labute approximate surface area is 128 Å². The molecular formula is C15H20FN3O3. The molecule has 0 spiro atoms. The van der Waals surface area contributed by atoms with Crippen molar-refractivity contribution < 1.29 is 14.1 Å². The molecule has 2 aliphatic rings. The first-order valence-corrected chi connectivity index (χ1v) is 7.53. The third kappa shape index (κ3) is 2.49. The highest BCUT2D eigenvalue weighted by atomic mass is 19.1. The van der Waals surface area contributed by atoms with E-state index in [0.29, 0.717) is 24.1 Å². The first-order chi connectivity index (χ1) is 10.5. The third-order valence-electron chi connectivity index (χ3n) is 4.94. The lowest BCUT2D eigenvalue weighted by Gasteiger charge is -2.29. The molecule has 2 N–H and O–H groups in total. The number of anilines is 1. The van der Waals surface area contributed by atoms with Crippen molar-refractivity contribution in [3.8, 4) is 5.75 Å². The summed E-state index contributed by atoms with van der Waals surface area (Å²) in [5.41, 5.74) is 6.20. The third-order valence-corrected chi connectivity index (χ3v) is 4.94. The predicted molar refractivity (Wildman–Crippen MR) is 80.6 cm³/mol. The first kappa shape index (κ1) is 15.0. The fraction of sp³-hybridized carbons (Fsp3) is 0.600. The van der Waals surface area contributed by atoms with Gasteiger partial charge in [-0.1, -0.05) is 6.42 Å². The fourth-order valence-corrected chi connectivity index (χ4v) is 3.79. The van der Waals surface area contributed by atoms with Crippen LogP contribution in [0.25, 0.3) is 0 Å². The molecule has 0 aromatic heterocycles. The summed E-state index contributed by atoms with van der Waals surface area (Å²) in [4.78, 5) is 12.3. The summed E-state index contributed by atoms with van der Waals surface area (Å²) in [7, 11) is 1.35. The van der Waals surface area contributed by atoms with E-state index in [1.165, 1.54) is 13.2 Å². The molecule has 2 fully saturated rings. The molecule has 0 radical (unpaired) electrons. The van der Waals surface area contributed by atoms with Gasteiger partial charge in [-0.05, 0) is 24.7 Å². The zero-order chi connectivity index (χ0) is 15.9. The zero-order valence-corrected chi connectivity index (χ0v) is 12.5. The summed E-state index contributed by atoms with van der Waals surface area (Å²) >= 11 is 0. The number of hydrogen-bond acceptors (Lipinski definition) is 5. The Morgan fingerprint density at radius 3 is 2.82 bits per heavy atom. The van der Waals surface area contributed by atoms with Gasteiger partial charge in [0.1, 0.15) is 0 Å². The van der Waals surface area contributed by atoms with Crippen LogP contribution in [0.15, 0.2) is 12.1 Å². The van der Waals surface area contributed by atoms with E-state index < -0.39 is 10.7 Å². The summed E-state index contributed by atoms with van der Waals surface area (Å²) in [6, 6.07) is 2.53. The van der Waals surface area contributed by atoms with E-state index in [2.05, 4.69) is 0 Å². The molecule has 3 atom stereocenters. The Kier molecular flexibility index (Phi) is 3.90. The number of rotatable bonds is 3. The zero-order valence-electron chi connectivity index (χ0n) is 12.5. The Morgan fingerprint density at radius 1 is 1.41 bits per heavy atom. The number of halogens is 1. The molecule has 1 saturated carbocycles. The van der Waals surface area contributed by atoms with Gasteiger partial charge in [-0.3, -0.25) is 10.1 Å². The molecule has 1 aromatic rings. The Bertz CT molecular complexity index is 596. The quantitative estimate of drug-likeness (QED) is 0.684. The van der Waals surface area contributed by atoms with Crippen molar-refractivity contribution in [1.29, 1.82) is 0 Å². The van der Waals surface area contributed by atoms with Gasteiger partial charge in [0.2, 0.25) is 0 Å². The lowest BCUT2D eigenvalue weighted by molar-refractivity contribution is -0.385. The van der Waals surface area contributed by atoms with E-state index in [-0.39, 0.29) is 17.5 Å². The average molecular weight is 309 g/mol. The lowest BCUT2D eigenvalue weighted by Crippen LogP contribution is -2.38. The minimum absolute atomic E-state index is 0.0839. The van der Waals surface area contributed by atoms with Crippen LogP contribution in [0.3, 0.4) is 0 Å². The summed E-state index contributed by atoms with van der Waals surface area (Å²) in [6.45, 7) is 1.44. The number of nitro benzene ring substituents is 1. The maximum absolute atomic E-state index is 14.3. The van der Waals surface area contributed by atoms with Gasteiger partial charge in [0.05, 0.1) is 23.8 Å². The second-order valence-electron chi connectivity index (χ2n) is 6.16. The van der Waals surface area contributed by atoms with Crippen LogP contribution in [0.1, 0.15) is 19.3 Å². The van der Waals surface area contributed by atoms with Crippen molar-refractivity contribution in [1.82, 2.24) is 0 Å². The number of hydrogen-bond donors (Lipinski definition) is 1. The first-order valence-electron chi connectivity index (χ1n) is 7.53. The predicted octanol–water partition coefficient (Wildman–Crippen LogP) is 2.31. The maximum atomic E-state index is 14.3. The molecule has 22 heavy (non-hydrogen) atoms. The van der Waals surface area contributed by atoms with E-state index in [0.717, 1.165) is 31.9 Å². The number of nitrogens with two attached hydrogens (primary N) is 1. The van der Waals surface area contributed by atoms with Crippen LogP contribution >= 0.6 is 0 Å². The van der Waals surface area contributed by atoms with Crippen LogP contribution in [0.4, 0.5) is 15.8 Å². The number of ether oxygens (including phenoxy) is 1. The molecule has 1 aromatic carbocycles. The molecule has 3 rings (SSSR count). The second kappa shape index (κ2) is 5.72. The number of fused-ring (bicyclic) bond motifs is 1. The fourth-order valence-electron chi connectivity index (χ4n) is 3.79. The van der Waals surface area contributed by atoms with Crippen LogP contribution in [-0.2, 0) is 0 Å². The minimum Gasteiger partial charge on any atom is -0.490 e. The normalized spacial score (nSPS) is 27.6. The number of nitro groups is 1. The van der Waals surface area contributed by atoms with E-state index in [9.17, 15) is 14.5 Å². The molecule has 120 valence electrons. The lowest BCUT2D eigenvalue weighted by atomic mass is 9.78. The highest BCUT2D eigenvalue weighted by Crippen LogP contribution is 2.41. The minimum atomic E-state index is -0.634. The van der Waals surface area contributed by atoms with E-state index in [4.69, 9.17) is 10.5 Å². The summed E-state index contributed by atoms with van der Waals surface area (Å²) in [5, 5.41) is 10.9. The Morgan fingerprint density at radius 2 is 2.18 bits per heavy atom. The molecule has 0 bridgehead atoms.